The summed E-state index contributed by atoms with van der Waals surface area (Å²) >= 11 is 0. The second-order valence-corrected chi connectivity index (χ2v) is 6.90. The average molecular weight is 283 g/mol. The number of hydrogen-bond donors (Lipinski definition) is 1. The van der Waals surface area contributed by atoms with E-state index in [0.717, 1.165) is 18.4 Å². The van der Waals surface area contributed by atoms with Gasteiger partial charge >= 0.3 is 0 Å². The van der Waals surface area contributed by atoms with Gasteiger partial charge in [-0.05, 0) is 24.8 Å². The Labute approximate surface area is 115 Å². The normalized spacial score (nSPS) is 23.0. The Kier molecular flexibility index (Phi) is 4.96. The lowest BCUT2D eigenvalue weighted by Gasteiger charge is -2.35. The first kappa shape index (κ1) is 14.5. The number of benzene rings is 1. The van der Waals surface area contributed by atoms with Crippen molar-refractivity contribution in [2.75, 3.05) is 5.75 Å². The van der Waals surface area contributed by atoms with Gasteiger partial charge in [0.05, 0.1) is 18.5 Å². The quantitative estimate of drug-likeness (QED) is 0.833. The fraction of sp³-hybridized carbons (Fsp3) is 0.571. The van der Waals surface area contributed by atoms with Crippen LogP contribution in [0.1, 0.15) is 31.7 Å². The molecule has 1 aromatic carbocycles. The maximum absolute atomic E-state index is 11.6. The van der Waals surface area contributed by atoms with Crippen molar-refractivity contribution in [1.29, 1.82) is 0 Å². The van der Waals surface area contributed by atoms with Gasteiger partial charge in [0.1, 0.15) is 0 Å². The highest BCUT2D eigenvalue weighted by molar-refractivity contribution is 7.89. The molecule has 0 aliphatic heterocycles. The van der Waals surface area contributed by atoms with Crippen LogP contribution in [-0.2, 0) is 21.4 Å². The third kappa shape index (κ3) is 4.60. The van der Waals surface area contributed by atoms with E-state index in [1.807, 2.05) is 37.3 Å². The highest BCUT2D eigenvalue weighted by atomic mass is 32.2. The van der Waals surface area contributed by atoms with Crippen LogP contribution in [0.15, 0.2) is 30.3 Å². The summed E-state index contributed by atoms with van der Waals surface area (Å²) in [5.41, 5.74) is 1.15. The van der Waals surface area contributed by atoms with Crippen LogP contribution in [0.5, 0.6) is 0 Å². The Morgan fingerprint density at radius 1 is 1.26 bits per heavy atom. The van der Waals surface area contributed by atoms with Gasteiger partial charge in [0.2, 0.25) is 10.0 Å². The minimum atomic E-state index is -3.09. The van der Waals surface area contributed by atoms with Crippen LogP contribution in [0.4, 0.5) is 0 Å². The van der Waals surface area contributed by atoms with Gasteiger partial charge in [0.15, 0.2) is 0 Å². The van der Waals surface area contributed by atoms with E-state index in [9.17, 15) is 8.42 Å². The van der Waals surface area contributed by atoms with E-state index >= 15 is 0 Å². The van der Waals surface area contributed by atoms with Gasteiger partial charge in [0.25, 0.3) is 0 Å². The van der Waals surface area contributed by atoms with Crippen molar-refractivity contribution in [2.45, 2.75) is 44.9 Å². The molecule has 0 bridgehead atoms. The zero-order chi connectivity index (χ0) is 13.7. The van der Waals surface area contributed by atoms with Gasteiger partial charge in [-0.1, -0.05) is 37.3 Å². The molecule has 0 heterocycles. The molecule has 0 saturated heterocycles. The molecule has 1 aromatic rings. The summed E-state index contributed by atoms with van der Waals surface area (Å²) in [5.74, 6) is 0.207. The smallest absolute Gasteiger partial charge is 0.211 e. The Bertz CT molecular complexity index is 481. The van der Waals surface area contributed by atoms with Crippen LogP contribution in [0.3, 0.4) is 0 Å². The Morgan fingerprint density at radius 2 is 1.95 bits per heavy atom. The van der Waals surface area contributed by atoms with Crippen LogP contribution in [0, 0.1) is 0 Å². The number of ether oxygens (including phenoxy) is 1. The first-order valence-corrected chi connectivity index (χ1v) is 8.40. The molecule has 2 rings (SSSR count). The van der Waals surface area contributed by atoms with Gasteiger partial charge in [-0.3, -0.25) is 0 Å². The summed E-state index contributed by atoms with van der Waals surface area (Å²) in [6.45, 7) is 2.46. The van der Waals surface area contributed by atoms with Gasteiger partial charge in [-0.25, -0.2) is 13.1 Å². The first-order chi connectivity index (χ1) is 9.09. The van der Waals surface area contributed by atoms with Gasteiger partial charge in [-0.2, -0.15) is 0 Å². The van der Waals surface area contributed by atoms with Crippen LogP contribution >= 0.6 is 0 Å². The maximum atomic E-state index is 11.6. The molecular formula is C14H21NO3S. The Hall–Kier alpha value is -0.910. The maximum Gasteiger partial charge on any atom is 0.211 e. The highest BCUT2D eigenvalue weighted by Crippen LogP contribution is 2.25. The monoisotopic (exact) mass is 283 g/mol. The second kappa shape index (κ2) is 6.50. The number of sulfonamides is 1. The van der Waals surface area contributed by atoms with Crippen molar-refractivity contribution in [1.82, 2.24) is 4.72 Å². The largest absolute Gasteiger partial charge is 0.373 e. The molecule has 19 heavy (non-hydrogen) atoms. The van der Waals surface area contributed by atoms with Crippen molar-refractivity contribution < 1.29 is 13.2 Å². The summed E-state index contributed by atoms with van der Waals surface area (Å²) in [6.07, 6.45) is 2.37. The number of hydrogen-bond acceptors (Lipinski definition) is 3. The minimum Gasteiger partial charge on any atom is -0.373 e. The molecular weight excluding hydrogens is 262 g/mol. The van der Waals surface area contributed by atoms with Gasteiger partial charge < -0.3 is 4.74 Å². The molecule has 1 N–H and O–H groups in total. The predicted molar refractivity (Wildman–Crippen MR) is 75.3 cm³/mol. The highest BCUT2D eigenvalue weighted by Gasteiger charge is 2.32. The summed E-state index contributed by atoms with van der Waals surface area (Å²) in [4.78, 5) is 0. The van der Waals surface area contributed by atoms with E-state index in [1.54, 1.807) is 0 Å². The standard InChI is InChI=1S/C14H21NO3S/c1-2-8-19(16,17)15-13-9-14(10-13)18-11-12-6-4-3-5-7-12/h3-7,13-15H,2,8-11H2,1H3. The first-order valence-electron chi connectivity index (χ1n) is 6.74. The molecule has 5 heteroatoms. The number of nitrogens with one attached hydrogen (secondary N) is 1. The van der Waals surface area contributed by atoms with Crippen molar-refractivity contribution in [2.24, 2.45) is 0 Å². The third-order valence-electron chi connectivity index (χ3n) is 3.24. The third-order valence-corrected chi connectivity index (χ3v) is 4.88. The summed E-state index contributed by atoms with van der Waals surface area (Å²) < 4.78 is 31.6. The van der Waals surface area contributed by atoms with E-state index in [0.29, 0.717) is 13.0 Å². The van der Waals surface area contributed by atoms with Gasteiger partial charge in [-0.15, -0.1) is 0 Å². The SMILES string of the molecule is CCCS(=O)(=O)NC1CC(OCc2ccccc2)C1. The van der Waals surface area contributed by atoms with Crippen LogP contribution in [0.2, 0.25) is 0 Å². The van der Waals surface area contributed by atoms with E-state index in [2.05, 4.69) is 4.72 Å². The van der Waals surface area contributed by atoms with E-state index in [1.165, 1.54) is 0 Å². The van der Waals surface area contributed by atoms with Crippen molar-refractivity contribution in [3.8, 4) is 0 Å². The molecule has 0 unspecified atom stereocenters. The summed E-state index contributed by atoms with van der Waals surface area (Å²) in [6, 6.07) is 10.1. The van der Waals surface area contributed by atoms with Crippen LogP contribution in [0.25, 0.3) is 0 Å². The summed E-state index contributed by atoms with van der Waals surface area (Å²) in [7, 11) is -3.09. The fourth-order valence-electron chi connectivity index (χ4n) is 2.17. The Balaban J connectivity index is 1.67. The van der Waals surface area contributed by atoms with Crippen LogP contribution in [-0.4, -0.2) is 26.3 Å². The molecule has 1 fully saturated rings. The minimum absolute atomic E-state index is 0.0531. The van der Waals surface area contributed by atoms with Crippen molar-refractivity contribution in [3.05, 3.63) is 35.9 Å². The number of rotatable bonds is 7. The zero-order valence-electron chi connectivity index (χ0n) is 11.2. The lowest BCUT2D eigenvalue weighted by molar-refractivity contribution is -0.0220. The molecule has 0 atom stereocenters. The molecule has 1 aliphatic carbocycles. The fourth-order valence-corrected chi connectivity index (χ4v) is 3.52. The molecule has 0 aromatic heterocycles. The predicted octanol–water partition coefficient (Wildman–Crippen LogP) is 2.06. The van der Waals surface area contributed by atoms with E-state index in [-0.39, 0.29) is 17.9 Å². The van der Waals surface area contributed by atoms with Gasteiger partial charge in [0, 0.05) is 6.04 Å². The van der Waals surface area contributed by atoms with Crippen molar-refractivity contribution in [3.63, 3.8) is 0 Å². The lowest BCUT2D eigenvalue weighted by atomic mass is 9.90. The average Bonchev–Trinajstić information content (AvgIpc) is 2.33. The molecule has 1 aliphatic rings. The molecule has 1 saturated carbocycles. The molecule has 106 valence electrons. The second-order valence-electron chi connectivity index (χ2n) is 5.02. The topological polar surface area (TPSA) is 55.4 Å². The molecule has 0 spiro atoms. The molecule has 4 nitrogen and oxygen atoms in total. The van der Waals surface area contributed by atoms with E-state index in [4.69, 9.17) is 4.74 Å². The van der Waals surface area contributed by atoms with Crippen molar-refractivity contribution >= 4 is 10.0 Å². The molecule has 0 radical (unpaired) electrons. The molecule has 0 amide bonds. The zero-order valence-corrected chi connectivity index (χ0v) is 12.0. The lowest BCUT2D eigenvalue weighted by Crippen LogP contribution is -2.48. The summed E-state index contributed by atoms with van der Waals surface area (Å²) in [5, 5.41) is 0. The van der Waals surface area contributed by atoms with Crippen LogP contribution < -0.4 is 4.72 Å². The Morgan fingerprint density at radius 3 is 2.58 bits per heavy atom. The van der Waals surface area contributed by atoms with E-state index < -0.39 is 10.0 Å².